The van der Waals surface area contributed by atoms with Crippen LogP contribution in [-0.2, 0) is 0 Å². The Hall–Kier alpha value is -2.15. The summed E-state index contributed by atoms with van der Waals surface area (Å²) >= 11 is 16.0. The highest BCUT2D eigenvalue weighted by molar-refractivity contribution is 9.09. The molecule has 0 bridgehead atoms. The Labute approximate surface area is 202 Å². The number of hydrogen-bond donors (Lipinski definition) is 2. The first-order chi connectivity index (χ1) is 14.6. The number of hydrogen-bond acceptors (Lipinski definition) is 5. The molecule has 0 spiro atoms. The van der Waals surface area contributed by atoms with Crippen LogP contribution in [0.25, 0.3) is 0 Å². The van der Waals surface area contributed by atoms with E-state index in [-0.39, 0.29) is 17.5 Å². The van der Waals surface area contributed by atoms with Gasteiger partial charge < -0.3 is 20.2 Å². The van der Waals surface area contributed by atoms with Gasteiger partial charge in [0.2, 0.25) is 0 Å². The van der Waals surface area contributed by atoms with Crippen LogP contribution in [0.1, 0.15) is 25.5 Å². The molecular formula is C23H27BrCl2N4O. The summed E-state index contributed by atoms with van der Waals surface area (Å²) in [6.45, 7) is 15.6. The smallest absolute Gasteiger partial charge is 0.135 e. The van der Waals surface area contributed by atoms with E-state index in [1.807, 2.05) is 56.1 Å². The number of nitrogens with zero attached hydrogens (tertiary/aromatic N) is 3. The molecule has 1 unspecified atom stereocenters. The molecule has 166 valence electrons. The summed E-state index contributed by atoms with van der Waals surface area (Å²) in [6.07, 6.45) is 3.60. The summed E-state index contributed by atoms with van der Waals surface area (Å²) in [4.78, 5) is 8.01. The van der Waals surface area contributed by atoms with Gasteiger partial charge in [0.25, 0.3) is 0 Å². The molecule has 1 aromatic rings. The molecule has 1 atom stereocenters. The fourth-order valence-corrected chi connectivity index (χ4v) is 4.43. The molecule has 2 rings (SSSR count). The lowest BCUT2D eigenvalue weighted by molar-refractivity contribution is 0.295. The normalized spacial score (nSPS) is 15.7. The number of allylic oxidation sites excluding steroid dienone is 2. The third kappa shape index (κ3) is 5.97. The minimum atomic E-state index is -0.444. The van der Waals surface area contributed by atoms with Gasteiger partial charge in [-0.2, -0.15) is 0 Å². The summed E-state index contributed by atoms with van der Waals surface area (Å²) in [7, 11) is 1.87. The Morgan fingerprint density at radius 2 is 1.90 bits per heavy atom. The zero-order chi connectivity index (χ0) is 23.3. The van der Waals surface area contributed by atoms with Crippen LogP contribution in [0.15, 0.2) is 88.3 Å². The predicted molar refractivity (Wildman–Crippen MR) is 135 cm³/mol. The highest BCUT2D eigenvalue weighted by Crippen LogP contribution is 2.35. The Balaban J connectivity index is 2.75. The SMILES string of the molecule is C=N/C(C(=C)O)=C(/C(NC1=CC(Cl)=CN(C)C1=C)c1ccc(Cl)cc1)N(CBr)C(C)C. The van der Waals surface area contributed by atoms with E-state index in [0.29, 0.717) is 21.2 Å². The van der Waals surface area contributed by atoms with Crippen molar-refractivity contribution in [3.8, 4) is 0 Å². The molecule has 0 aromatic heterocycles. The highest BCUT2D eigenvalue weighted by Gasteiger charge is 2.29. The molecule has 1 heterocycles. The zero-order valence-electron chi connectivity index (χ0n) is 17.9. The molecule has 0 saturated heterocycles. The fraction of sp³-hybridized carbons (Fsp3) is 0.261. The number of likely N-dealkylation sites (N-methyl/N-ethyl adjacent to an activating group) is 1. The van der Waals surface area contributed by atoms with Crippen molar-refractivity contribution >= 4 is 45.8 Å². The van der Waals surface area contributed by atoms with Gasteiger partial charge in [0.1, 0.15) is 11.5 Å². The van der Waals surface area contributed by atoms with Crippen molar-refractivity contribution in [2.75, 3.05) is 12.5 Å². The van der Waals surface area contributed by atoms with Gasteiger partial charge >= 0.3 is 0 Å². The van der Waals surface area contributed by atoms with Gasteiger partial charge in [-0.05, 0) is 44.3 Å². The zero-order valence-corrected chi connectivity index (χ0v) is 21.0. The summed E-state index contributed by atoms with van der Waals surface area (Å²) < 4.78 is 0. The first-order valence-corrected chi connectivity index (χ1v) is 11.4. The standard InChI is InChI=1S/C23H27BrCl2N4O/c1-14(2)30(13-24)23(21(27-5)16(4)31)22(17-7-9-18(25)10-8-17)28-20-11-19(26)12-29(6)15(20)3/h7-12,14,22,28,31H,3-5,13H2,1-2,6H3/b23-21-. The first-order valence-electron chi connectivity index (χ1n) is 9.55. The number of aliphatic imine (C=N–C) groups is 1. The van der Waals surface area contributed by atoms with Crippen LogP contribution in [0.2, 0.25) is 5.02 Å². The lowest BCUT2D eigenvalue weighted by Crippen LogP contribution is -2.38. The second-order valence-corrected chi connectivity index (χ2v) is 8.65. The maximum absolute atomic E-state index is 10.3. The van der Waals surface area contributed by atoms with Gasteiger partial charge in [-0.1, -0.05) is 64.4 Å². The predicted octanol–water partition coefficient (Wildman–Crippen LogP) is 6.44. The number of rotatable bonds is 9. The molecule has 1 aliphatic heterocycles. The number of halogens is 3. The summed E-state index contributed by atoms with van der Waals surface area (Å²) in [5, 5.41) is 15.1. The van der Waals surface area contributed by atoms with Crippen molar-refractivity contribution in [2.24, 2.45) is 4.99 Å². The van der Waals surface area contributed by atoms with Crippen LogP contribution in [0.4, 0.5) is 0 Å². The van der Waals surface area contributed by atoms with E-state index in [9.17, 15) is 5.11 Å². The van der Waals surface area contributed by atoms with Gasteiger partial charge in [-0.3, -0.25) is 4.99 Å². The van der Waals surface area contributed by atoms with Gasteiger partial charge in [-0.15, -0.1) is 0 Å². The summed E-state index contributed by atoms with van der Waals surface area (Å²) in [5.41, 5.74) is 3.86. The third-order valence-corrected chi connectivity index (χ3v) is 5.85. The maximum atomic E-state index is 10.3. The molecule has 0 aliphatic carbocycles. The Morgan fingerprint density at radius 1 is 1.29 bits per heavy atom. The fourth-order valence-electron chi connectivity index (χ4n) is 3.20. The van der Waals surface area contributed by atoms with Crippen molar-refractivity contribution in [2.45, 2.75) is 25.9 Å². The van der Waals surface area contributed by atoms with Crippen molar-refractivity contribution in [3.05, 3.63) is 93.9 Å². The molecule has 0 radical (unpaired) electrons. The first kappa shape index (κ1) is 25.1. The topological polar surface area (TPSA) is 51.1 Å². The summed E-state index contributed by atoms with van der Waals surface area (Å²) in [5.74, 6) is -0.177. The molecule has 1 aromatic carbocycles. The van der Waals surface area contributed by atoms with E-state index in [2.05, 4.69) is 51.0 Å². The molecule has 0 amide bonds. The maximum Gasteiger partial charge on any atom is 0.135 e. The second kappa shape index (κ2) is 10.9. The second-order valence-electron chi connectivity index (χ2n) is 7.28. The van der Waals surface area contributed by atoms with E-state index < -0.39 is 6.04 Å². The van der Waals surface area contributed by atoms with Crippen molar-refractivity contribution < 1.29 is 5.11 Å². The largest absolute Gasteiger partial charge is 0.506 e. The van der Waals surface area contributed by atoms with Crippen molar-refractivity contribution in [1.82, 2.24) is 15.1 Å². The van der Waals surface area contributed by atoms with Crippen LogP contribution in [0, 0.1) is 0 Å². The molecule has 31 heavy (non-hydrogen) atoms. The number of benzene rings is 1. The molecule has 0 fully saturated rings. The van der Waals surface area contributed by atoms with Gasteiger partial charge in [-0.25, -0.2) is 0 Å². The minimum absolute atomic E-state index is 0.0803. The van der Waals surface area contributed by atoms with E-state index >= 15 is 0 Å². The van der Waals surface area contributed by atoms with Crippen LogP contribution in [-0.4, -0.2) is 40.2 Å². The summed E-state index contributed by atoms with van der Waals surface area (Å²) in [6, 6.07) is 7.10. The van der Waals surface area contributed by atoms with E-state index in [1.165, 1.54) is 0 Å². The van der Waals surface area contributed by atoms with E-state index in [4.69, 9.17) is 23.2 Å². The molecule has 1 aliphatic rings. The number of nitrogens with one attached hydrogen (secondary N) is 1. The van der Waals surface area contributed by atoms with Crippen molar-refractivity contribution in [1.29, 1.82) is 0 Å². The Kier molecular flexibility index (Phi) is 8.86. The average molecular weight is 526 g/mol. The average Bonchev–Trinajstić information content (AvgIpc) is 2.70. The van der Waals surface area contributed by atoms with Crippen LogP contribution in [0.5, 0.6) is 0 Å². The van der Waals surface area contributed by atoms with Gasteiger partial charge in [0, 0.05) is 24.3 Å². The van der Waals surface area contributed by atoms with Crippen molar-refractivity contribution in [3.63, 3.8) is 0 Å². The van der Waals surface area contributed by atoms with Gasteiger partial charge in [0.05, 0.1) is 33.6 Å². The monoisotopic (exact) mass is 524 g/mol. The lowest BCUT2D eigenvalue weighted by atomic mass is 9.98. The molecule has 5 nitrogen and oxygen atoms in total. The highest BCUT2D eigenvalue weighted by atomic mass is 79.9. The number of alkyl halides is 1. The van der Waals surface area contributed by atoms with Gasteiger partial charge in [0.15, 0.2) is 0 Å². The Morgan fingerprint density at radius 3 is 2.39 bits per heavy atom. The molecular weight excluding hydrogens is 499 g/mol. The minimum Gasteiger partial charge on any atom is -0.506 e. The molecule has 8 heteroatoms. The lowest BCUT2D eigenvalue weighted by Gasteiger charge is -2.37. The number of aliphatic hydroxyl groups excluding tert-OH is 1. The van der Waals surface area contributed by atoms with E-state index in [0.717, 1.165) is 17.0 Å². The van der Waals surface area contributed by atoms with E-state index in [1.54, 1.807) is 6.20 Å². The van der Waals surface area contributed by atoms with Crippen LogP contribution in [0.3, 0.4) is 0 Å². The van der Waals surface area contributed by atoms with Crippen LogP contribution >= 0.6 is 39.1 Å². The molecule has 2 N–H and O–H groups in total. The molecule has 0 saturated carbocycles. The Bertz CT molecular complexity index is 951. The quantitative estimate of drug-likeness (QED) is 0.128. The number of aliphatic hydroxyl groups is 1. The third-order valence-electron chi connectivity index (χ3n) is 4.85. The van der Waals surface area contributed by atoms with Crippen LogP contribution < -0.4 is 5.32 Å².